The molecule has 1 aromatic rings. The van der Waals surface area contributed by atoms with Gasteiger partial charge in [-0.05, 0) is 37.1 Å². The van der Waals surface area contributed by atoms with Crippen LogP contribution in [0.3, 0.4) is 0 Å². The van der Waals surface area contributed by atoms with Crippen LogP contribution in [0.2, 0.25) is 0 Å². The van der Waals surface area contributed by atoms with Crippen LogP contribution in [0, 0.1) is 0 Å². The molecular formula is C22H34N4O3S. The highest BCUT2D eigenvalue weighted by atomic mass is 32.2. The zero-order valence-corrected chi connectivity index (χ0v) is 18.8. The van der Waals surface area contributed by atoms with Crippen molar-refractivity contribution in [2.75, 3.05) is 70.1 Å². The van der Waals surface area contributed by atoms with Gasteiger partial charge in [0.15, 0.2) is 9.84 Å². The number of rotatable bonds is 5. The number of hydrogen-bond donors (Lipinski definition) is 0. The van der Waals surface area contributed by atoms with Crippen LogP contribution in [0.25, 0.3) is 0 Å². The Morgan fingerprint density at radius 1 is 0.900 bits per heavy atom. The molecule has 2 heterocycles. The smallest absolute Gasteiger partial charge is 0.236 e. The van der Waals surface area contributed by atoms with Crippen molar-refractivity contribution >= 4 is 21.4 Å². The number of benzene rings is 1. The van der Waals surface area contributed by atoms with Gasteiger partial charge in [0.05, 0.1) is 11.4 Å². The van der Waals surface area contributed by atoms with E-state index in [2.05, 4.69) is 14.7 Å². The molecule has 1 aliphatic carbocycles. The fraction of sp³-hybridized carbons (Fsp3) is 0.682. The molecule has 0 aromatic heterocycles. The van der Waals surface area contributed by atoms with Crippen molar-refractivity contribution in [2.24, 2.45) is 0 Å². The van der Waals surface area contributed by atoms with Crippen molar-refractivity contribution < 1.29 is 13.2 Å². The number of anilines is 1. The van der Waals surface area contributed by atoms with Gasteiger partial charge in [-0.15, -0.1) is 0 Å². The molecule has 0 bridgehead atoms. The van der Waals surface area contributed by atoms with Crippen molar-refractivity contribution in [2.45, 2.75) is 36.6 Å². The van der Waals surface area contributed by atoms with E-state index < -0.39 is 9.84 Å². The summed E-state index contributed by atoms with van der Waals surface area (Å²) < 4.78 is 23.2. The minimum atomic E-state index is -3.16. The highest BCUT2D eigenvalue weighted by molar-refractivity contribution is 7.90. The maximum atomic E-state index is 12.8. The summed E-state index contributed by atoms with van der Waals surface area (Å²) >= 11 is 0. The summed E-state index contributed by atoms with van der Waals surface area (Å²) in [5.41, 5.74) is 1.04. The topological polar surface area (TPSA) is 64.2 Å². The molecule has 1 aromatic carbocycles. The molecule has 2 aliphatic heterocycles. The molecule has 7 nitrogen and oxygen atoms in total. The van der Waals surface area contributed by atoms with Gasteiger partial charge >= 0.3 is 0 Å². The molecule has 1 saturated carbocycles. The average Bonchev–Trinajstić information content (AvgIpc) is 3.29. The van der Waals surface area contributed by atoms with Crippen LogP contribution in [0.15, 0.2) is 29.2 Å². The van der Waals surface area contributed by atoms with Crippen LogP contribution < -0.4 is 4.90 Å². The quantitative estimate of drug-likeness (QED) is 0.696. The molecule has 0 spiro atoms. The van der Waals surface area contributed by atoms with Crippen molar-refractivity contribution in [3.05, 3.63) is 24.3 Å². The third-order valence-corrected chi connectivity index (χ3v) is 8.00. The van der Waals surface area contributed by atoms with Gasteiger partial charge in [0.25, 0.3) is 0 Å². The highest BCUT2D eigenvalue weighted by Gasteiger charge is 2.29. The lowest BCUT2D eigenvalue weighted by molar-refractivity contribution is -0.134. The highest BCUT2D eigenvalue weighted by Crippen LogP contribution is 2.24. The summed E-state index contributed by atoms with van der Waals surface area (Å²) in [6.07, 6.45) is 6.60. The summed E-state index contributed by atoms with van der Waals surface area (Å²) in [5.74, 6) is 0.257. The molecule has 30 heavy (non-hydrogen) atoms. The average molecular weight is 435 g/mol. The number of hydrogen-bond acceptors (Lipinski definition) is 6. The molecule has 4 rings (SSSR count). The number of sulfone groups is 1. The maximum Gasteiger partial charge on any atom is 0.236 e. The first kappa shape index (κ1) is 21.6. The Labute approximate surface area is 180 Å². The number of nitrogens with zero attached hydrogens (tertiary/aromatic N) is 4. The first-order valence-electron chi connectivity index (χ1n) is 11.2. The minimum absolute atomic E-state index is 0.257. The van der Waals surface area contributed by atoms with Crippen LogP contribution >= 0.6 is 0 Å². The molecule has 8 heteroatoms. The van der Waals surface area contributed by atoms with Gasteiger partial charge in [-0.1, -0.05) is 12.8 Å². The number of carbonyl (C=O) groups is 1. The Morgan fingerprint density at radius 3 is 2.07 bits per heavy atom. The van der Waals surface area contributed by atoms with E-state index in [4.69, 9.17) is 0 Å². The molecule has 0 N–H and O–H groups in total. The molecule has 166 valence electrons. The summed E-state index contributed by atoms with van der Waals surface area (Å²) in [6.45, 7) is 7.67. The van der Waals surface area contributed by atoms with Gasteiger partial charge in [0.1, 0.15) is 0 Å². The molecule has 2 saturated heterocycles. The van der Waals surface area contributed by atoms with E-state index in [1.54, 1.807) is 12.1 Å². The van der Waals surface area contributed by atoms with Gasteiger partial charge in [-0.2, -0.15) is 0 Å². The Balaban J connectivity index is 1.21. The number of amides is 1. The van der Waals surface area contributed by atoms with Gasteiger partial charge in [-0.25, -0.2) is 8.42 Å². The van der Waals surface area contributed by atoms with Gasteiger partial charge in [0.2, 0.25) is 5.91 Å². The molecule has 0 radical (unpaired) electrons. The van der Waals surface area contributed by atoms with Gasteiger partial charge < -0.3 is 9.80 Å². The lowest BCUT2D eigenvalue weighted by atomic mass is 10.2. The standard InChI is InChI=1S/C22H34N4O3S/c1-30(28,29)21-8-6-20(7-9-21)24-12-10-23(11-13-24)18-22(27)26-16-14-25(15-17-26)19-4-2-3-5-19/h6-9,19H,2-5,10-18H2,1H3. The van der Waals surface area contributed by atoms with Crippen molar-refractivity contribution in [3.8, 4) is 0 Å². The predicted octanol–water partition coefficient (Wildman–Crippen LogP) is 1.30. The third kappa shape index (κ3) is 5.15. The van der Waals surface area contributed by atoms with Crippen LogP contribution in [-0.2, 0) is 14.6 Å². The summed E-state index contributed by atoms with van der Waals surface area (Å²) in [5, 5.41) is 0. The molecule has 0 atom stereocenters. The van der Waals surface area contributed by atoms with E-state index in [0.29, 0.717) is 11.4 Å². The minimum Gasteiger partial charge on any atom is -0.369 e. The van der Waals surface area contributed by atoms with Crippen LogP contribution in [0.1, 0.15) is 25.7 Å². The maximum absolute atomic E-state index is 12.8. The van der Waals surface area contributed by atoms with E-state index >= 15 is 0 Å². The second-order valence-electron chi connectivity index (χ2n) is 8.88. The second kappa shape index (κ2) is 9.24. The molecule has 3 aliphatic rings. The van der Waals surface area contributed by atoms with E-state index in [1.165, 1.54) is 31.9 Å². The normalized spacial score (nSPS) is 22.6. The second-order valence-corrected chi connectivity index (χ2v) is 10.9. The molecule has 3 fully saturated rings. The van der Waals surface area contributed by atoms with E-state index in [0.717, 1.165) is 64.1 Å². The molecular weight excluding hydrogens is 400 g/mol. The largest absolute Gasteiger partial charge is 0.369 e. The van der Waals surface area contributed by atoms with Gasteiger partial charge in [-0.3, -0.25) is 14.6 Å². The predicted molar refractivity (Wildman–Crippen MR) is 119 cm³/mol. The van der Waals surface area contributed by atoms with Crippen molar-refractivity contribution in [3.63, 3.8) is 0 Å². The Kier molecular flexibility index (Phi) is 6.65. The number of carbonyl (C=O) groups excluding carboxylic acids is 1. The van der Waals surface area contributed by atoms with Crippen molar-refractivity contribution in [1.29, 1.82) is 0 Å². The fourth-order valence-corrected chi connectivity index (χ4v) is 5.60. The van der Waals surface area contributed by atoms with Crippen LogP contribution in [-0.4, -0.2) is 100 Å². The Hall–Kier alpha value is -1.64. The Morgan fingerprint density at radius 2 is 1.50 bits per heavy atom. The monoisotopic (exact) mass is 434 g/mol. The Bertz CT molecular complexity index is 820. The first-order valence-corrected chi connectivity index (χ1v) is 13.1. The molecule has 1 amide bonds. The summed E-state index contributed by atoms with van der Waals surface area (Å²) in [4.78, 5) is 22.3. The summed E-state index contributed by atoms with van der Waals surface area (Å²) in [7, 11) is -3.16. The van der Waals surface area contributed by atoms with E-state index in [1.807, 2.05) is 17.0 Å². The zero-order chi connectivity index (χ0) is 21.1. The first-order chi connectivity index (χ1) is 14.4. The van der Waals surface area contributed by atoms with E-state index in [-0.39, 0.29) is 5.91 Å². The van der Waals surface area contributed by atoms with Crippen LogP contribution in [0.5, 0.6) is 0 Å². The number of piperazine rings is 2. The SMILES string of the molecule is CS(=O)(=O)c1ccc(N2CCN(CC(=O)N3CCN(C4CCCC4)CC3)CC2)cc1. The molecule has 0 unspecified atom stereocenters. The fourth-order valence-electron chi connectivity index (χ4n) is 4.97. The zero-order valence-electron chi connectivity index (χ0n) is 18.0. The van der Waals surface area contributed by atoms with Crippen molar-refractivity contribution in [1.82, 2.24) is 14.7 Å². The lowest BCUT2D eigenvalue weighted by Gasteiger charge is -2.40. The lowest BCUT2D eigenvalue weighted by Crippen LogP contribution is -2.55. The summed E-state index contributed by atoms with van der Waals surface area (Å²) in [6, 6.07) is 7.85. The van der Waals surface area contributed by atoms with Crippen LogP contribution in [0.4, 0.5) is 5.69 Å². The van der Waals surface area contributed by atoms with E-state index in [9.17, 15) is 13.2 Å². The third-order valence-electron chi connectivity index (χ3n) is 6.87. The van der Waals surface area contributed by atoms with Gasteiger partial charge in [0, 0.05) is 70.3 Å².